The first kappa shape index (κ1) is 10.9. The van der Waals surface area contributed by atoms with E-state index in [1.807, 2.05) is 12.1 Å². The monoisotopic (exact) mass is 245 g/mol. The molecular formula is C10H12ClNO2S. The van der Waals surface area contributed by atoms with Gasteiger partial charge < -0.3 is 10.1 Å². The highest BCUT2D eigenvalue weighted by Gasteiger charge is 2.35. The van der Waals surface area contributed by atoms with Crippen LogP contribution < -0.4 is 5.32 Å². The number of esters is 1. The minimum absolute atomic E-state index is 0.0790. The Labute approximate surface area is 97.4 Å². The first-order valence-electron chi connectivity index (χ1n) is 4.76. The van der Waals surface area contributed by atoms with Gasteiger partial charge in [-0.05, 0) is 12.1 Å². The molecule has 5 heteroatoms. The van der Waals surface area contributed by atoms with Crippen LogP contribution in [0, 0.1) is 5.92 Å². The molecule has 0 bridgehead atoms. The molecule has 1 saturated heterocycles. The lowest BCUT2D eigenvalue weighted by Crippen LogP contribution is -2.22. The van der Waals surface area contributed by atoms with Crippen LogP contribution in [0.1, 0.15) is 10.8 Å². The van der Waals surface area contributed by atoms with E-state index in [9.17, 15) is 4.79 Å². The van der Waals surface area contributed by atoms with Gasteiger partial charge in [0.25, 0.3) is 0 Å². The molecule has 0 unspecified atom stereocenters. The highest BCUT2D eigenvalue weighted by atomic mass is 35.5. The van der Waals surface area contributed by atoms with Crippen molar-refractivity contribution in [1.29, 1.82) is 0 Å². The molecule has 2 atom stereocenters. The van der Waals surface area contributed by atoms with Crippen molar-refractivity contribution in [2.24, 2.45) is 5.92 Å². The lowest BCUT2D eigenvalue weighted by Gasteiger charge is -2.14. The number of rotatable bonds is 2. The fourth-order valence-corrected chi connectivity index (χ4v) is 3.13. The summed E-state index contributed by atoms with van der Waals surface area (Å²) >= 11 is 7.42. The molecule has 15 heavy (non-hydrogen) atoms. The summed E-state index contributed by atoms with van der Waals surface area (Å²) in [6, 6.07) is 3.86. The van der Waals surface area contributed by atoms with Crippen molar-refractivity contribution in [3.63, 3.8) is 0 Å². The zero-order chi connectivity index (χ0) is 10.8. The van der Waals surface area contributed by atoms with Crippen molar-refractivity contribution < 1.29 is 9.53 Å². The molecule has 0 spiro atoms. The van der Waals surface area contributed by atoms with Crippen molar-refractivity contribution in [2.45, 2.75) is 5.92 Å². The van der Waals surface area contributed by atoms with Gasteiger partial charge in [-0.2, -0.15) is 0 Å². The molecule has 2 rings (SSSR count). The van der Waals surface area contributed by atoms with Crippen molar-refractivity contribution in [2.75, 3.05) is 20.2 Å². The number of halogens is 1. The lowest BCUT2D eigenvalue weighted by molar-refractivity contribution is -0.145. The maximum absolute atomic E-state index is 11.5. The number of carbonyl (C=O) groups is 1. The molecule has 2 heterocycles. The van der Waals surface area contributed by atoms with Crippen LogP contribution >= 0.6 is 22.9 Å². The normalized spacial score (nSPS) is 25.5. The lowest BCUT2D eigenvalue weighted by atomic mass is 9.95. The molecule has 0 saturated carbocycles. The highest BCUT2D eigenvalue weighted by molar-refractivity contribution is 7.16. The quantitative estimate of drug-likeness (QED) is 0.809. The summed E-state index contributed by atoms with van der Waals surface area (Å²) in [6.07, 6.45) is 0. The second kappa shape index (κ2) is 4.51. The smallest absolute Gasteiger partial charge is 0.310 e. The van der Waals surface area contributed by atoms with E-state index in [0.29, 0.717) is 6.54 Å². The topological polar surface area (TPSA) is 38.3 Å². The summed E-state index contributed by atoms with van der Waals surface area (Å²) in [5, 5.41) is 3.21. The number of carbonyl (C=O) groups excluding carboxylic acids is 1. The fourth-order valence-electron chi connectivity index (χ4n) is 1.90. The molecule has 1 aromatic heterocycles. The molecule has 1 fully saturated rings. The number of methoxy groups -OCH3 is 1. The number of ether oxygens (including phenoxy) is 1. The van der Waals surface area contributed by atoms with Gasteiger partial charge in [0.1, 0.15) is 0 Å². The summed E-state index contributed by atoms with van der Waals surface area (Å²) in [6.45, 7) is 1.50. The molecular weight excluding hydrogens is 234 g/mol. The number of nitrogens with one attached hydrogen (secondary N) is 1. The van der Waals surface area contributed by atoms with E-state index in [0.717, 1.165) is 15.8 Å². The summed E-state index contributed by atoms with van der Waals surface area (Å²) in [5.41, 5.74) is 0. The minimum Gasteiger partial charge on any atom is -0.469 e. The van der Waals surface area contributed by atoms with E-state index in [1.54, 1.807) is 0 Å². The molecule has 1 N–H and O–H groups in total. The highest BCUT2D eigenvalue weighted by Crippen LogP contribution is 2.35. The maximum atomic E-state index is 11.5. The second-order valence-electron chi connectivity index (χ2n) is 3.54. The number of hydrogen-bond donors (Lipinski definition) is 1. The molecule has 3 nitrogen and oxygen atoms in total. The van der Waals surface area contributed by atoms with Crippen LogP contribution in [0.15, 0.2) is 12.1 Å². The van der Waals surface area contributed by atoms with Crippen molar-refractivity contribution in [3.05, 3.63) is 21.3 Å². The van der Waals surface area contributed by atoms with Crippen LogP contribution in [0.25, 0.3) is 0 Å². The first-order valence-corrected chi connectivity index (χ1v) is 5.95. The van der Waals surface area contributed by atoms with Gasteiger partial charge in [0.15, 0.2) is 0 Å². The van der Waals surface area contributed by atoms with Gasteiger partial charge in [-0.15, -0.1) is 11.3 Å². The molecule has 0 aromatic carbocycles. The third kappa shape index (κ3) is 2.17. The molecule has 82 valence electrons. The molecule has 0 radical (unpaired) electrons. The standard InChI is InChI=1S/C10H12ClNO2S/c1-14-10(13)7-5-12-4-6(7)8-2-3-9(11)15-8/h2-3,6-7,12H,4-5H2,1H3/t6-,7+/m1/s1. The Bertz CT molecular complexity index is 366. The summed E-state index contributed by atoms with van der Waals surface area (Å²) in [7, 11) is 1.43. The van der Waals surface area contributed by atoms with Gasteiger partial charge in [0.05, 0.1) is 17.4 Å². The Morgan fingerprint density at radius 1 is 1.60 bits per heavy atom. The van der Waals surface area contributed by atoms with Gasteiger partial charge >= 0.3 is 5.97 Å². The van der Waals surface area contributed by atoms with Gasteiger partial charge in [-0.25, -0.2) is 0 Å². The molecule has 1 aliphatic rings. The Hall–Kier alpha value is -0.580. The minimum atomic E-state index is -0.144. The molecule has 1 aliphatic heterocycles. The van der Waals surface area contributed by atoms with E-state index in [2.05, 4.69) is 5.32 Å². The van der Waals surface area contributed by atoms with Crippen LogP contribution in [0.2, 0.25) is 4.34 Å². The summed E-state index contributed by atoms with van der Waals surface area (Å²) in [5.74, 6) is -0.0193. The summed E-state index contributed by atoms with van der Waals surface area (Å²) in [4.78, 5) is 12.7. The van der Waals surface area contributed by atoms with Crippen LogP contribution in [-0.4, -0.2) is 26.2 Å². The van der Waals surface area contributed by atoms with Gasteiger partial charge in [0.2, 0.25) is 0 Å². The van der Waals surface area contributed by atoms with Gasteiger partial charge in [-0.1, -0.05) is 11.6 Å². The summed E-state index contributed by atoms with van der Waals surface area (Å²) < 4.78 is 5.55. The fraction of sp³-hybridized carbons (Fsp3) is 0.500. The zero-order valence-corrected chi connectivity index (χ0v) is 9.90. The Balaban J connectivity index is 2.18. The van der Waals surface area contributed by atoms with Crippen molar-refractivity contribution in [1.82, 2.24) is 5.32 Å². The average molecular weight is 246 g/mol. The predicted octanol–water partition coefficient (Wildman–Crippen LogP) is 1.88. The molecule has 0 aliphatic carbocycles. The van der Waals surface area contributed by atoms with E-state index in [-0.39, 0.29) is 17.8 Å². The number of hydrogen-bond acceptors (Lipinski definition) is 4. The van der Waals surface area contributed by atoms with Crippen LogP contribution in [-0.2, 0) is 9.53 Å². The number of thiophene rings is 1. The van der Waals surface area contributed by atoms with Gasteiger partial charge in [-0.3, -0.25) is 4.79 Å². The Morgan fingerprint density at radius 3 is 3.00 bits per heavy atom. The van der Waals surface area contributed by atoms with Gasteiger partial charge in [0, 0.05) is 23.9 Å². The average Bonchev–Trinajstić information content (AvgIpc) is 2.84. The van der Waals surface area contributed by atoms with Crippen LogP contribution in [0.4, 0.5) is 0 Å². The van der Waals surface area contributed by atoms with Crippen LogP contribution in [0.3, 0.4) is 0 Å². The van der Waals surface area contributed by atoms with E-state index in [4.69, 9.17) is 16.3 Å². The Kier molecular flexibility index (Phi) is 3.29. The van der Waals surface area contributed by atoms with E-state index < -0.39 is 0 Å². The molecule has 0 amide bonds. The SMILES string of the molecule is COC(=O)[C@H]1CNC[C@H]1c1ccc(Cl)s1. The van der Waals surface area contributed by atoms with E-state index in [1.165, 1.54) is 18.4 Å². The van der Waals surface area contributed by atoms with Crippen LogP contribution in [0.5, 0.6) is 0 Å². The largest absolute Gasteiger partial charge is 0.469 e. The van der Waals surface area contributed by atoms with E-state index >= 15 is 0 Å². The third-order valence-corrected chi connectivity index (χ3v) is 4.04. The first-order chi connectivity index (χ1) is 7.22. The zero-order valence-electron chi connectivity index (χ0n) is 8.33. The Morgan fingerprint density at radius 2 is 2.40 bits per heavy atom. The molecule has 1 aromatic rings. The third-order valence-electron chi connectivity index (χ3n) is 2.68. The maximum Gasteiger partial charge on any atom is 0.310 e. The van der Waals surface area contributed by atoms with Crippen molar-refractivity contribution in [3.8, 4) is 0 Å². The van der Waals surface area contributed by atoms with Crippen molar-refractivity contribution >= 4 is 28.9 Å². The second-order valence-corrected chi connectivity index (χ2v) is 5.28. The predicted molar refractivity (Wildman–Crippen MR) is 60.4 cm³/mol.